The zero-order valence-electron chi connectivity index (χ0n) is 14.8. The molecule has 28 heavy (non-hydrogen) atoms. The lowest BCUT2D eigenvalue weighted by molar-refractivity contribution is -0.137. The third-order valence-electron chi connectivity index (χ3n) is 4.65. The molecule has 1 heterocycles. The highest BCUT2D eigenvalue weighted by atomic mass is 35.5. The van der Waals surface area contributed by atoms with Gasteiger partial charge in [-0.25, -0.2) is 10.9 Å². The maximum absolute atomic E-state index is 13.2. The first kappa shape index (κ1) is 20.8. The number of piperidine rings is 1. The third kappa shape index (κ3) is 4.37. The fraction of sp³-hybridized carbons (Fsp3) is 0.316. The predicted molar refractivity (Wildman–Crippen MR) is 105 cm³/mol. The summed E-state index contributed by atoms with van der Waals surface area (Å²) in [6.45, 7) is 1.34. The van der Waals surface area contributed by atoms with Crippen LogP contribution in [-0.4, -0.2) is 19.0 Å². The van der Waals surface area contributed by atoms with Gasteiger partial charge in [-0.05, 0) is 55.7 Å². The van der Waals surface area contributed by atoms with Crippen molar-refractivity contribution >= 4 is 40.5 Å². The Kier molecular flexibility index (Phi) is 6.07. The number of nitrogens with two attached hydrogens (primary N) is 1. The number of hydrazine groups is 1. The number of halogens is 5. The summed E-state index contributed by atoms with van der Waals surface area (Å²) in [7, 11) is 0. The number of nitrogens with zero attached hydrogens (tertiary/aromatic N) is 2. The number of carbonyl (C=O) groups excluding carboxylic acids is 1. The number of carbonyl (C=O) groups is 1. The molecule has 9 heteroatoms. The second-order valence-corrected chi connectivity index (χ2v) is 7.37. The van der Waals surface area contributed by atoms with Crippen molar-refractivity contribution < 1.29 is 18.0 Å². The van der Waals surface area contributed by atoms with E-state index in [1.165, 1.54) is 24.3 Å². The predicted octanol–water partition coefficient (Wildman–Crippen LogP) is 5.52. The molecule has 1 fully saturated rings. The lowest BCUT2D eigenvalue weighted by atomic mass is 10.0. The van der Waals surface area contributed by atoms with Crippen LogP contribution in [0.5, 0.6) is 0 Å². The van der Waals surface area contributed by atoms with E-state index in [1.807, 2.05) is 4.90 Å². The molecule has 0 aromatic heterocycles. The molecule has 0 atom stereocenters. The average molecular weight is 432 g/mol. The number of hydrogen-bond donors (Lipinski definition) is 1. The maximum Gasteiger partial charge on any atom is 0.416 e. The van der Waals surface area contributed by atoms with E-state index in [1.54, 1.807) is 0 Å². The van der Waals surface area contributed by atoms with Crippen molar-refractivity contribution in [2.45, 2.75) is 25.4 Å². The zero-order chi connectivity index (χ0) is 20.5. The first-order valence-corrected chi connectivity index (χ1v) is 9.44. The molecule has 0 saturated carbocycles. The number of alkyl halides is 3. The van der Waals surface area contributed by atoms with Gasteiger partial charge >= 0.3 is 6.18 Å². The fourth-order valence-corrected chi connectivity index (χ4v) is 3.47. The van der Waals surface area contributed by atoms with Crippen LogP contribution in [0.25, 0.3) is 0 Å². The van der Waals surface area contributed by atoms with Gasteiger partial charge in [0.25, 0.3) is 5.91 Å². The first-order chi connectivity index (χ1) is 13.2. The van der Waals surface area contributed by atoms with Crippen LogP contribution in [0.15, 0.2) is 36.4 Å². The summed E-state index contributed by atoms with van der Waals surface area (Å²) >= 11 is 11.8. The van der Waals surface area contributed by atoms with Crippen LogP contribution in [0.3, 0.4) is 0 Å². The molecule has 2 N–H and O–H groups in total. The Morgan fingerprint density at radius 3 is 2.29 bits per heavy atom. The van der Waals surface area contributed by atoms with Crippen molar-refractivity contribution in [2.24, 2.45) is 5.84 Å². The molecule has 0 spiro atoms. The van der Waals surface area contributed by atoms with Gasteiger partial charge in [0.15, 0.2) is 0 Å². The van der Waals surface area contributed by atoms with Gasteiger partial charge in [0.1, 0.15) is 0 Å². The molecule has 0 aliphatic carbocycles. The van der Waals surface area contributed by atoms with E-state index >= 15 is 0 Å². The van der Waals surface area contributed by atoms with E-state index in [0.717, 1.165) is 36.4 Å². The van der Waals surface area contributed by atoms with Crippen LogP contribution in [0.4, 0.5) is 24.5 Å². The summed E-state index contributed by atoms with van der Waals surface area (Å²) in [4.78, 5) is 14.9. The van der Waals surface area contributed by atoms with Gasteiger partial charge in [-0.15, -0.1) is 0 Å². The fourth-order valence-electron chi connectivity index (χ4n) is 3.18. The Morgan fingerprint density at radius 2 is 1.68 bits per heavy atom. The Bertz CT molecular complexity index is 883. The number of benzene rings is 2. The minimum Gasteiger partial charge on any atom is -0.371 e. The van der Waals surface area contributed by atoms with E-state index in [2.05, 4.69) is 0 Å². The van der Waals surface area contributed by atoms with Crippen molar-refractivity contribution in [2.75, 3.05) is 23.0 Å². The van der Waals surface area contributed by atoms with Crippen LogP contribution in [0.1, 0.15) is 35.2 Å². The van der Waals surface area contributed by atoms with Crippen molar-refractivity contribution in [1.82, 2.24) is 0 Å². The molecule has 1 aliphatic rings. The Labute approximate surface area is 170 Å². The average Bonchev–Trinajstić information content (AvgIpc) is 2.68. The van der Waals surface area contributed by atoms with Gasteiger partial charge in [-0.3, -0.25) is 4.79 Å². The molecule has 1 aliphatic heterocycles. The summed E-state index contributed by atoms with van der Waals surface area (Å²) in [5.74, 6) is 5.17. The second-order valence-electron chi connectivity index (χ2n) is 6.55. The van der Waals surface area contributed by atoms with Gasteiger partial charge in [0.2, 0.25) is 0 Å². The highest BCUT2D eigenvalue weighted by Crippen LogP contribution is 2.35. The lowest BCUT2D eigenvalue weighted by Gasteiger charge is -2.31. The highest BCUT2D eigenvalue weighted by molar-refractivity contribution is 6.42. The topological polar surface area (TPSA) is 49.6 Å². The molecule has 1 saturated heterocycles. The summed E-state index contributed by atoms with van der Waals surface area (Å²) in [6, 6.07) is 7.49. The Balaban J connectivity index is 2.03. The summed E-state index contributed by atoms with van der Waals surface area (Å²) in [6.07, 6.45) is -1.70. The van der Waals surface area contributed by atoms with E-state index in [4.69, 9.17) is 29.0 Å². The van der Waals surface area contributed by atoms with Crippen LogP contribution in [0, 0.1) is 0 Å². The summed E-state index contributed by atoms with van der Waals surface area (Å²) < 4.78 is 39.7. The largest absolute Gasteiger partial charge is 0.416 e. The van der Waals surface area contributed by atoms with Crippen molar-refractivity contribution in [1.29, 1.82) is 0 Å². The molecule has 0 radical (unpaired) electrons. The Hall–Kier alpha value is -1.96. The molecular weight excluding hydrogens is 414 g/mol. The molecular formula is C19H18Cl2F3N3O. The molecule has 1 amide bonds. The van der Waals surface area contributed by atoms with Gasteiger partial charge < -0.3 is 4.90 Å². The number of hydrogen-bond acceptors (Lipinski definition) is 3. The van der Waals surface area contributed by atoms with E-state index < -0.39 is 17.6 Å². The highest BCUT2D eigenvalue weighted by Gasteiger charge is 2.33. The summed E-state index contributed by atoms with van der Waals surface area (Å²) in [5.41, 5.74) is -0.348. The molecule has 0 unspecified atom stereocenters. The molecule has 3 rings (SSSR count). The monoisotopic (exact) mass is 431 g/mol. The number of anilines is 2. The van der Waals surface area contributed by atoms with E-state index in [0.29, 0.717) is 18.8 Å². The second kappa shape index (κ2) is 8.19. The molecule has 4 nitrogen and oxygen atoms in total. The quantitative estimate of drug-likeness (QED) is 0.395. The molecule has 2 aromatic carbocycles. The van der Waals surface area contributed by atoms with Crippen molar-refractivity contribution in [3.05, 3.63) is 57.6 Å². The van der Waals surface area contributed by atoms with Crippen LogP contribution >= 0.6 is 23.2 Å². The van der Waals surface area contributed by atoms with Crippen LogP contribution in [-0.2, 0) is 6.18 Å². The zero-order valence-corrected chi connectivity index (χ0v) is 16.3. The molecule has 150 valence electrons. The lowest BCUT2D eigenvalue weighted by Crippen LogP contribution is -2.39. The third-order valence-corrected chi connectivity index (χ3v) is 5.39. The van der Waals surface area contributed by atoms with Crippen molar-refractivity contribution in [3.8, 4) is 0 Å². The number of rotatable bonds is 3. The van der Waals surface area contributed by atoms with Gasteiger partial charge in [0.05, 0.1) is 26.9 Å². The standard InChI is InChI=1S/C19H18Cl2F3N3O/c20-15-6-5-13(11-16(15)21)27(25)18(28)14-10-12(19(22,23)24)4-7-17(14)26-8-2-1-3-9-26/h4-7,10-11H,1-3,8-9,25H2. The van der Waals surface area contributed by atoms with Gasteiger partial charge in [-0.2, -0.15) is 13.2 Å². The number of amides is 1. The minimum atomic E-state index is -4.57. The van der Waals surface area contributed by atoms with Crippen molar-refractivity contribution in [3.63, 3.8) is 0 Å². The SMILES string of the molecule is NN(C(=O)c1cc(C(F)(F)F)ccc1N1CCCCC1)c1ccc(Cl)c(Cl)c1. The van der Waals surface area contributed by atoms with E-state index in [9.17, 15) is 18.0 Å². The normalized spacial score (nSPS) is 14.9. The molecule has 0 bridgehead atoms. The van der Waals surface area contributed by atoms with Crippen LogP contribution in [0.2, 0.25) is 10.0 Å². The maximum atomic E-state index is 13.2. The van der Waals surface area contributed by atoms with Crippen LogP contribution < -0.4 is 15.8 Å². The first-order valence-electron chi connectivity index (χ1n) is 8.69. The van der Waals surface area contributed by atoms with Gasteiger partial charge in [-0.1, -0.05) is 23.2 Å². The Morgan fingerprint density at radius 1 is 1.00 bits per heavy atom. The van der Waals surface area contributed by atoms with Gasteiger partial charge in [0, 0.05) is 18.8 Å². The minimum absolute atomic E-state index is 0.106. The smallest absolute Gasteiger partial charge is 0.371 e. The molecule has 2 aromatic rings. The summed E-state index contributed by atoms with van der Waals surface area (Å²) in [5, 5.41) is 1.24. The van der Waals surface area contributed by atoms with E-state index in [-0.39, 0.29) is 21.3 Å².